The fourth-order valence-electron chi connectivity index (χ4n) is 3.63. The van der Waals surface area contributed by atoms with Crippen molar-refractivity contribution in [3.8, 4) is 17.1 Å². The number of hydrogen-bond donors (Lipinski definition) is 2. The van der Waals surface area contributed by atoms with E-state index in [9.17, 15) is 9.18 Å². The van der Waals surface area contributed by atoms with Crippen LogP contribution in [0.25, 0.3) is 22.2 Å². The monoisotopic (exact) mass is 407 g/mol. The highest BCUT2D eigenvalue weighted by Crippen LogP contribution is 2.29. The Morgan fingerprint density at radius 1 is 1.20 bits per heavy atom. The summed E-state index contributed by atoms with van der Waals surface area (Å²) in [6, 6.07) is 12.3. The van der Waals surface area contributed by atoms with Gasteiger partial charge in [-0.05, 0) is 49.6 Å². The molecule has 0 aliphatic carbocycles. The maximum absolute atomic E-state index is 14.1. The topological polar surface area (TPSA) is 80.2 Å². The minimum Gasteiger partial charge on any atom is -0.483 e. The van der Waals surface area contributed by atoms with E-state index in [0.29, 0.717) is 30.0 Å². The first-order valence-corrected chi connectivity index (χ1v) is 9.70. The lowest BCUT2D eigenvalue weighted by Gasteiger charge is -2.10. The van der Waals surface area contributed by atoms with Crippen LogP contribution < -0.4 is 10.1 Å². The minimum absolute atomic E-state index is 0.119. The zero-order valence-electron chi connectivity index (χ0n) is 16.8. The van der Waals surface area contributed by atoms with Crippen LogP contribution in [0.4, 0.5) is 4.39 Å². The number of H-pyrrole nitrogens is 1. The van der Waals surface area contributed by atoms with Gasteiger partial charge in [0.1, 0.15) is 11.6 Å². The Morgan fingerprint density at radius 3 is 2.83 bits per heavy atom. The van der Waals surface area contributed by atoms with Crippen LogP contribution >= 0.6 is 0 Å². The Hall–Kier alpha value is -3.61. The highest BCUT2D eigenvalue weighted by Gasteiger charge is 2.15. The molecule has 0 atom stereocenters. The third-order valence-corrected chi connectivity index (χ3v) is 5.08. The number of fused-ring (bicyclic) bond motifs is 1. The molecule has 0 bridgehead atoms. The number of carbonyl (C=O) groups excluding carboxylic acids is 1. The van der Waals surface area contributed by atoms with Crippen molar-refractivity contribution in [2.24, 2.45) is 0 Å². The molecule has 1 amide bonds. The summed E-state index contributed by atoms with van der Waals surface area (Å²) in [5.74, 6) is 0.613. The smallest absolute Gasteiger partial charge is 0.257 e. The Labute approximate surface area is 173 Å². The fraction of sp³-hybridized carbons (Fsp3) is 0.217. The molecule has 6 nitrogen and oxygen atoms in total. The van der Waals surface area contributed by atoms with E-state index < -0.39 is 0 Å². The molecule has 4 aromatic rings. The van der Waals surface area contributed by atoms with Gasteiger partial charge in [0, 0.05) is 23.7 Å². The van der Waals surface area contributed by atoms with Gasteiger partial charge in [-0.15, -0.1) is 0 Å². The second-order valence-electron chi connectivity index (χ2n) is 7.10. The fourth-order valence-corrected chi connectivity index (χ4v) is 3.63. The molecule has 0 unspecified atom stereocenters. The summed E-state index contributed by atoms with van der Waals surface area (Å²) in [7, 11) is 0. The molecule has 0 radical (unpaired) electrons. The molecule has 0 fully saturated rings. The molecule has 154 valence electrons. The van der Waals surface area contributed by atoms with Crippen molar-refractivity contribution in [1.29, 1.82) is 0 Å². The van der Waals surface area contributed by atoms with Crippen LogP contribution in [0.1, 0.15) is 16.8 Å². The summed E-state index contributed by atoms with van der Waals surface area (Å²) >= 11 is 0. The lowest BCUT2D eigenvalue weighted by atomic mass is 10.0. The molecule has 30 heavy (non-hydrogen) atoms. The van der Waals surface area contributed by atoms with E-state index in [4.69, 9.17) is 9.26 Å². The molecule has 0 aliphatic heterocycles. The Balaban J connectivity index is 1.37. The third-order valence-electron chi connectivity index (χ3n) is 5.08. The molecule has 2 N–H and O–H groups in total. The average molecular weight is 407 g/mol. The Bertz CT molecular complexity index is 1180. The lowest BCUT2D eigenvalue weighted by Crippen LogP contribution is -2.30. The summed E-state index contributed by atoms with van der Waals surface area (Å²) in [5, 5.41) is 7.46. The van der Waals surface area contributed by atoms with Gasteiger partial charge in [0.15, 0.2) is 12.4 Å². The van der Waals surface area contributed by atoms with E-state index in [-0.39, 0.29) is 18.3 Å². The summed E-state index contributed by atoms with van der Waals surface area (Å²) in [6.45, 7) is 4.18. The SMILES string of the molecule is Cc1[nH]c2c(F)ccc(C)c2c1CCNC(=O)COc1ccccc1-c1ccno1. The number of nitrogens with zero attached hydrogens (tertiary/aromatic N) is 1. The molecule has 4 rings (SSSR count). The van der Waals surface area contributed by atoms with Crippen LogP contribution in [0.5, 0.6) is 5.75 Å². The highest BCUT2D eigenvalue weighted by atomic mass is 19.1. The van der Waals surface area contributed by atoms with Gasteiger partial charge in [0.25, 0.3) is 5.91 Å². The predicted octanol–water partition coefficient (Wildman–Crippen LogP) is 4.32. The number of halogens is 1. The largest absolute Gasteiger partial charge is 0.483 e. The van der Waals surface area contributed by atoms with Crippen molar-refractivity contribution < 1.29 is 18.4 Å². The van der Waals surface area contributed by atoms with E-state index in [1.807, 2.05) is 32.0 Å². The summed E-state index contributed by atoms with van der Waals surface area (Å²) < 4.78 is 24.9. The van der Waals surface area contributed by atoms with Gasteiger partial charge in [0.2, 0.25) is 0 Å². The number of aromatic amines is 1. The van der Waals surface area contributed by atoms with E-state index >= 15 is 0 Å². The summed E-state index contributed by atoms with van der Waals surface area (Å²) in [5.41, 5.74) is 4.17. The zero-order chi connectivity index (χ0) is 21.1. The summed E-state index contributed by atoms with van der Waals surface area (Å²) in [6.07, 6.45) is 2.15. The Kier molecular flexibility index (Phi) is 5.52. The number of ether oxygens (including phenoxy) is 1. The van der Waals surface area contributed by atoms with Crippen molar-refractivity contribution in [1.82, 2.24) is 15.5 Å². The molecule has 0 spiro atoms. The van der Waals surface area contributed by atoms with E-state index in [2.05, 4.69) is 15.5 Å². The molecular weight excluding hydrogens is 385 g/mol. The van der Waals surface area contributed by atoms with Crippen LogP contribution in [-0.4, -0.2) is 29.2 Å². The molecule has 0 aliphatic rings. The second kappa shape index (κ2) is 8.41. The number of rotatable bonds is 7. The van der Waals surface area contributed by atoms with Gasteiger partial charge in [-0.25, -0.2) is 4.39 Å². The van der Waals surface area contributed by atoms with Crippen LogP contribution in [0.15, 0.2) is 53.2 Å². The molecule has 2 aromatic carbocycles. The van der Waals surface area contributed by atoms with E-state index in [0.717, 1.165) is 27.8 Å². The quantitative estimate of drug-likeness (QED) is 0.478. The summed E-state index contributed by atoms with van der Waals surface area (Å²) in [4.78, 5) is 15.4. The van der Waals surface area contributed by atoms with Crippen molar-refractivity contribution >= 4 is 16.8 Å². The number of aryl methyl sites for hydroxylation is 2. The van der Waals surface area contributed by atoms with E-state index in [1.165, 1.54) is 6.07 Å². The first-order valence-electron chi connectivity index (χ1n) is 9.70. The molecule has 0 saturated carbocycles. The number of carbonyl (C=O) groups is 1. The van der Waals surface area contributed by atoms with Crippen molar-refractivity contribution in [3.63, 3.8) is 0 Å². The lowest BCUT2D eigenvalue weighted by molar-refractivity contribution is -0.123. The van der Waals surface area contributed by atoms with Crippen LogP contribution in [0.2, 0.25) is 0 Å². The maximum atomic E-state index is 14.1. The number of aromatic nitrogens is 2. The van der Waals surface area contributed by atoms with Gasteiger partial charge in [-0.2, -0.15) is 0 Å². The maximum Gasteiger partial charge on any atom is 0.257 e. The van der Waals surface area contributed by atoms with E-state index in [1.54, 1.807) is 24.4 Å². The minimum atomic E-state index is -0.271. The third kappa shape index (κ3) is 3.91. The number of benzene rings is 2. The molecule has 7 heteroatoms. The molecule has 2 aromatic heterocycles. The number of para-hydroxylation sites is 1. The average Bonchev–Trinajstić information content (AvgIpc) is 3.39. The van der Waals surface area contributed by atoms with Gasteiger partial charge >= 0.3 is 0 Å². The van der Waals surface area contributed by atoms with Crippen LogP contribution in [0.3, 0.4) is 0 Å². The molecule has 2 heterocycles. The highest BCUT2D eigenvalue weighted by molar-refractivity contribution is 5.88. The predicted molar refractivity (Wildman–Crippen MR) is 112 cm³/mol. The number of hydrogen-bond acceptors (Lipinski definition) is 4. The van der Waals surface area contributed by atoms with Gasteiger partial charge in [-0.3, -0.25) is 4.79 Å². The van der Waals surface area contributed by atoms with Crippen molar-refractivity contribution in [3.05, 3.63) is 71.3 Å². The first kappa shape index (κ1) is 19.7. The van der Waals surface area contributed by atoms with Gasteiger partial charge in [0.05, 0.1) is 17.3 Å². The zero-order valence-corrected chi connectivity index (χ0v) is 16.8. The normalized spacial score (nSPS) is 11.0. The Morgan fingerprint density at radius 2 is 2.03 bits per heavy atom. The van der Waals surface area contributed by atoms with Crippen LogP contribution in [0, 0.1) is 19.7 Å². The molecule has 0 saturated heterocycles. The number of nitrogens with one attached hydrogen (secondary N) is 2. The van der Waals surface area contributed by atoms with Crippen molar-refractivity contribution in [2.75, 3.05) is 13.2 Å². The van der Waals surface area contributed by atoms with Crippen LogP contribution in [-0.2, 0) is 11.2 Å². The standard InChI is InChI=1S/C23H22FN3O3/c1-14-7-8-18(24)23-22(14)16(15(2)27-23)9-11-25-21(28)13-29-19-6-4-3-5-17(19)20-10-12-26-30-20/h3-8,10,12,27H,9,11,13H2,1-2H3,(H,25,28). The molecular formula is C23H22FN3O3. The van der Waals surface area contributed by atoms with Crippen molar-refractivity contribution in [2.45, 2.75) is 20.3 Å². The van der Waals surface area contributed by atoms with Gasteiger partial charge in [-0.1, -0.05) is 23.4 Å². The van der Waals surface area contributed by atoms with Gasteiger partial charge < -0.3 is 19.6 Å². The number of amides is 1. The second-order valence-corrected chi connectivity index (χ2v) is 7.10. The first-order chi connectivity index (χ1) is 14.5.